The van der Waals surface area contributed by atoms with Crippen LogP contribution in [0.1, 0.15) is 11.1 Å². The van der Waals surface area contributed by atoms with Crippen LogP contribution in [-0.4, -0.2) is 35.1 Å². The maximum absolute atomic E-state index is 10.2. The number of rotatable bonds is 10. The predicted molar refractivity (Wildman–Crippen MR) is 93.3 cm³/mol. The molecule has 0 spiro atoms. The first kappa shape index (κ1) is 18.4. The van der Waals surface area contributed by atoms with E-state index in [0.29, 0.717) is 13.2 Å². The summed E-state index contributed by atoms with van der Waals surface area (Å²) in [5, 5.41) is 19.8. The molecule has 0 aliphatic carbocycles. The molecule has 2 aromatic rings. The molecule has 0 aliphatic rings. The van der Waals surface area contributed by atoms with Gasteiger partial charge in [-0.2, -0.15) is 0 Å². The summed E-state index contributed by atoms with van der Waals surface area (Å²) >= 11 is 0. The first-order valence-electron chi connectivity index (χ1n) is 7.97. The van der Waals surface area contributed by atoms with Gasteiger partial charge in [-0.1, -0.05) is 66.7 Å². The molecule has 3 atom stereocenters. The fourth-order valence-corrected chi connectivity index (χ4v) is 2.36. The molecule has 128 valence electrons. The monoisotopic (exact) mass is 328 g/mol. The smallest absolute Gasteiger partial charge is 0.116 e. The SMILES string of the molecule is C=C[C@@H](O)[C@H](OCc1ccccc1)[C@@H](CO)OCc1ccccc1. The molecule has 0 bridgehead atoms. The zero-order valence-electron chi connectivity index (χ0n) is 13.6. The number of hydrogen-bond donors (Lipinski definition) is 2. The number of ether oxygens (including phenoxy) is 2. The lowest BCUT2D eigenvalue weighted by Gasteiger charge is -2.28. The predicted octanol–water partition coefficient (Wildman–Crippen LogP) is 2.70. The van der Waals surface area contributed by atoms with Crippen molar-refractivity contribution in [1.29, 1.82) is 0 Å². The third-order valence-corrected chi connectivity index (χ3v) is 3.72. The van der Waals surface area contributed by atoms with Crippen molar-refractivity contribution in [3.63, 3.8) is 0 Å². The van der Waals surface area contributed by atoms with Crippen molar-refractivity contribution in [2.75, 3.05) is 6.61 Å². The van der Waals surface area contributed by atoms with E-state index in [1.54, 1.807) is 0 Å². The van der Waals surface area contributed by atoms with Gasteiger partial charge in [-0.3, -0.25) is 0 Å². The normalized spacial score (nSPS) is 14.8. The molecule has 2 rings (SSSR count). The van der Waals surface area contributed by atoms with Crippen LogP contribution in [0.2, 0.25) is 0 Å². The van der Waals surface area contributed by atoms with E-state index in [9.17, 15) is 10.2 Å². The zero-order chi connectivity index (χ0) is 17.2. The summed E-state index contributed by atoms with van der Waals surface area (Å²) < 4.78 is 11.6. The standard InChI is InChI=1S/C20H24O4/c1-2-18(22)20(24-15-17-11-7-4-8-12-17)19(13-21)23-14-16-9-5-3-6-10-16/h2-12,18-22H,1,13-15H2/t18-,19-,20+/m1/s1. The van der Waals surface area contributed by atoms with Gasteiger partial charge in [-0.05, 0) is 11.1 Å². The Morgan fingerprint density at radius 2 is 1.38 bits per heavy atom. The van der Waals surface area contributed by atoms with Gasteiger partial charge >= 0.3 is 0 Å². The lowest BCUT2D eigenvalue weighted by molar-refractivity contribution is -0.134. The summed E-state index contributed by atoms with van der Waals surface area (Å²) in [6.07, 6.45) is -0.885. The molecular formula is C20H24O4. The maximum atomic E-state index is 10.2. The van der Waals surface area contributed by atoms with Crippen LogP contribution in [-0.2, 0) is 22.7 Å². The van der Waals surface area contributed by atoms with Crippen molar-refractivity contribution in [2.24, 2.45) is 0 Å². The van der Waals surface area contributed by atoms with Crippen LogP contribution in [0.25, 0.3) is 0 Å². The summed E-state index contributed by atoms with van der Waals surface area (Å²) in [6, 6.07) is 19.3. The van der Waals surface area contributed by atoms with Gasteiger partial charge in [-0.15, -0.1) is 6.58 Å². The van der Waals surface area contributed by atoms with Gasteiger partial charge in [0.05, 0.1) is 19.8 Å². The second-order valence-corrected chi connectivity index (χ2v) is 5.51. The van der Waals surface area contributed by atoms with Gasteiger partial charge in [0.2, 0.25) is 0 Å². The van der Waals surface area contributed by atoms with E-state index in [2.05, 4.69) is 6.58 Å². The Kier molecular flexibility index (Phi) is 7.65. The minimum absolute atomic E-state index is 0.253. The van der Waals surface area contributed by atoms with Crippen molar-refractivity contribution in [3.8, 4) is 0 Å². The van der Waals surface area contributed by atoms with Crippen molar-refractivity contribution >= 4 is 0 Å². The second-order valence-electron chi connectivity index (χ2n) is 5.51. The molecule has 2 N–H and O–H groups in total. The molecule has 0 aliphatic heterocycles. The highest BCUT2D eigenvalue weighted by Crippen LogP contribution is 2.15. The Labute approximate surface area is 143 Å². The van der Waals surface area contributed by atoms with Gasteiger partial charge < -0.3 is 19.7 Å². The highest BCUT2D eigenvalue weighted by atomic mass is 16.6. The highest BCUT2D eigenvalue weighted by molar-refractivity contribution is 5.14. The molecule has 0 aromatic heterocycles. The molecule has 0 unspecified atom stereocenters. The van der Waals surface area contributed by atoms with Gasteiger partial charge in [0.1, 0.15) is 18.3 Å². The average molecular weight is 328 g/mol. The fourth-order valence-electron chi connectivity index (χ4n) is 2.36. The average Bonchev–Trinajstić information content (AvgIpc) is 2.65. The van der Waals surface area contributed by atoms with Crippen molar-refractivity contribution in [3.05, 3.63) is 84.4 Å². The Morgan fingerprint density at radius 3 is 1.83 bits per heavy atom. The fraction of sp³-hybridized carbons (Fsp3) is 0.300. The first-order valence-corrected chi connectivity index (χ1v) is 7.97. The van der Waals surface area contributed by atoms with Gasteiger partial charge in [0.25, 0.3) is 0 Å². The van der Waals surface area contributed by atoms with Crippen LogP contribution in [0.4, 0.5) is 0 Å². The molecule has 0 saturated heterocycles. The van der Waals surface area contributed by atoms with E-state index in [-0.39, 0.29) is 6.61 Å². The molecule has 24 heavy (non-hydrogen) atoms. The quantitative estimate of drug-likeness (QED) is 0.659. The van der Waals surface area contributed by atoms with Crippen molar-refractivity contribution < 1.29 is 19.7 Å². The number of hydrogen-bond acceptors (Lipinski definition) is 4. The summed E-state index contributed by atoms with van der Waals surface area (Å²) in [5.74, 6) is 0. The Hall–Kier alpha value is -1.98. The van der Waals surface area contributed by atoms with E-state index in [1.165, 1.54) is 6.08 Å². The van der Waals surface area contributed by atoms with E-state index in [0.717, 1.165) is 11.1 Å². The number of aliphatic hydroxyl groups excluding tert-OH is 2. The number of aliphatic hydroxyl groups is 2. The molecule has 0 amide bonds. The summed E-state index contributed by atoms with van der Waals surface area (Å²) in [7, 11) is 0. The van der Waals surface area contributed by atoms with Gasteiger partial charge in [0.15, 0.2) is 0 Å². The Morgan fingerprint density at radius 1 is 0.875 bits per heavy atom. The molecule has 4 heteroatoms. The lowest BCUT2D eigenvalue weighted by atomic mass is 10.1. The lowest BCUT2D eigenvalue weighted by Crippen LogP contribution is -2.42. The van der Waals surface area contributed by atoms with Crippen molar-refractivity contribution in [2.45, 2.75) is 31.5 Å². The molecule has 2 aromatic carbocycles. The zero-order valence-corrected chi connectivity index (χ0v) is 13.6. The molecule has 0 fully saturated rings. The number of benzene rings is 2. The largest absolute Gasteiger partial charge is 0.394 e. The topological polar surface area (TPSA) is 58.9 Å². The Balaban J connectivity index is 1.99. The molecule has 0 heterocycles. The Bertz CT molecular complexity index is 585. The second kappa shape index (κ2) is 10.0. The van der Waals surface area contributed by atoms with Crippen LogP contribution in [0.15, 0.2) is 73.3 Å². The molecule has 0 radical (unpaired) electrons. The van der Waals surface area contributed by atoms with Crippen LogP contribution in [0.5, 0.6) is 0 Å². The van der Waals surface area contributed by atoms with Gasteiger partial charge in [0, 0.05) is 0 Å². The summed E-state index contributed by atoms with van der Waals surface area (Å²) in [4.78, 5) is 0. The maximum Gasteiger partial charge on any atom is 0.116 e. The van der Waals surface area contributed by atoms with E-state index >= 15 is 0 Å². The van der Waals surface area contributed by atoms with Crippen LogP contribution in [0.3, 0.4) is 0 Å². The van der Waals surface area contributed by atoms with E-state index < -0.39 is 18.3 Å². The van der Waals surface area contributed by atoms with E-state index in [4.69, 9.17) is 9.47 Å². The highest BCUT2D eigenvalue weighted by Gasteiger charge is 2.28. The van der Waals surface area contributed by atoms with E-state index in [1.807, 2.05) is 60.7 Å². The molecular weight excluding hydrogens is 304 g/mol. The molecule has 4 nitrogen and oxygen atoms in total. The summed E-state index contributed by atoms with van der Waals surface area (Å²) in [5.41, 5.74) is 1.98. The minimum atomic E-state index is -0.929. The third-order valence-electron chi connectivity index (χ3n) is 3.72. The van der Waals surface area contributed by atoms with Crippen LogP contribution in [0, 0.1) is 0 Å². The third kappa shape index (κ3) is 5.58. The minimum Gasteiger partial charge on any atom is -0.394 e. The van der Waals surface area contributed by atoms with Gasteiger partial charge in [-0.25, -0.2) is 0 Å². The first-order chi connectivity index (χ1) is 11.7. The summed E-state index contributed by atoms with van der Waals surface area (Å²) in [6.45, 7) is 4.01. The van der Waals surface area contributed by atoms with Crippen molar-refractivity contribution in [1.82, 2.24) is 0 Å². The molecule has 0 saturated carbocycles. The van der Waals surface area contributed by atoms with Crippen LogP contribution >= 0.6 is 0 Å². The van der Waals surface area contributed by atoms with Crippen LogP contribution < -0.4 is 0 Å².